The van der Waals surface area contributed by atoms with Crippen LogP contribution in [0.25, 0.3) is 11.3 Å². The van der Waals surface area contributed by atoms with Gasteiger partial charge in [0.05, 0.1) is 5.69 Å². The largest absolute Gasteiger partial charge is 0.417 e. The molecule has 1 N–H and O–H groups in total. The topological polar surface area (TPSA) is 51.2 Å². The van der Waals surface area contributed by atoms with E-state index in [0.717, 1.165) is 11.3 Å². The van der Waals surface area contributed by atoms with E-state index in [-0.39, 0.29) is 0 Å². The second-order valence-corrected chi connectivity index (χ2v) is 5.58. The molecule has 0 unspecified atom stereocenters. The van der Waals surface area contributed by atoms with Crippen LogP contribution in [0.4, 0.5) is 9.80 Å². The van der Waals surface area contributed by atoms with Crippen LogP contribution < -0.4 is 10.1 Å². The number of rotatable bonds is 3. The number of nitrogens with one attached hydrogen (secondary N) is 1. The van der Waals surface area contributed by atoms with Gasteiger partial charge in [-0.05, 0) is 36.7 Å². The summed E-state index contributed by atoms with van der Waals surface area (Å²) in [7, 11) is 0. The molecule has 0 aliphatic heterocycles. The van der Waals surface area contributed by atoms with Crippen molar-refractivity contribution < 1.29 is 9.53 Å². The van der Waals surface area contributed by atoms with Gasteiger partial charge in [0.1, 0.15) is 10.8 Å². The van der Waals surface area contributed by atoms with Crippen LogP contribution in [0, 0.1) is 6.92 Å². The minimum Gasteiger partial charge on any atom is -0.410 e. The van der Waals surface area contributed by atoms with Crippen LogP contribution in [0.15, 0.2) is 60.7 Å². The van der Waals surface area contributed by atoms with E-state index in [9.17, 15) is 4.79 Å². The van der Waals surface area contributed by atoms with Crippen molar-refractivity contribution in [2.45, 2.75) is 6.92 Å². The zero-order valence-corrected chi connectivity index (χ0v) is 12.8. The molecule has 22 heavy (non-hydrogen) atoms. The second-order valence-electron chi connectivity index (χ2n) is 4.77. The Balaban J connectivity index is 1.68. The molecule has 1 heterocycles. The first-order valence-electron chi connectivity index (χ1n) is 6.78. The summed E-state index contributed by atoms with van der Waals surface area (Å²) in [5.74, 6) is 0.503. The Morgan fingerprint density at radius 2 is 1.91 bits per heavy atom. The van der Waals surface area contributed by atoms with Crippen molar-refractivity contribution in [3.8, 4) is 17.0 Å². The SMILES string of the molecule is Cc1cccc(-c2cc(NC(=O)Oc3ccccc3)sn2)c1. The number of aromatic nitrogens is 1. The number of nitrogens with zero attached hydrogens (tertiary/aromatic N) is 1. The van der Waals surface area contributed by atoms with Crippen molar-refractivity contribution in [3.63, 3.8) is 0 Å². The standard InChI is InChI=1S/C17H14N2O2S/c1-12-6-5-7-13(10-12)15-11-16(22-19-15)18-17(20)21-14-8-3-2-4-9-14/h2-11H,1H3,(H,18,20). The molecule has 0 saturated carbocycles. The highest BCUT2D eigenvalue weighted by atomic mass is 32.1. The maximum Gasteiger partial charge on any atom is 0.417 e. The number of carbonyl (C=O) groups excluding carboxylic acids is 1. The van der Waals surface area contributed by atoms with Gasteiger partial charge in [0.2, 0.25) is 0 Å². The van der Waals surface area contributed by atoms with E-state index in [1.54, 1.807) is 12.1 Å². The molecule has 0 saturated heterocycles. The van der Waals surface area contributed by atoms with Crippen LogP contribution in [0.5, 0.6) is 5.75 Å². The van der Waals surface area contributed by atoms with Crippen LogP contribution in [-0.4, -0.2) is 10.5 Å². The molecule has 0 radical (unpaired) electrons. The highest BCUT2D eigenvalue weighted by Crippen LogP contribution is 2.26. The number of carbonyl (C=O) groups is 1. The van der Waals surface area contributed by atoms with Gasteiger partial charge in [-0.2, -0.15) is 4.37 Å². The van der Waals surface area contributed by atoms with Crippen molar-refractivity contribution in [2.75, 3.05) is 5.32 Å². The molecule has 4 nitrogen and oxygen atoms in total. The monoisotopic (exact) mass is 310 g/mol. The molecule has 0 fully saturated rings. The van der Waals surface area contributed by atoms with Crippen LogP contribution >= 0.6 is 11.5 Å². The number of benzene rings is 2. The second kappa shape index (κ2) is 6.41. The zero-order valence-electron chi connectivity index (χ0n) is 11.9. The van der Waals surface area contributed by atoms with E-state index in [2.05, 4.69) is 15.8 Å². The Kier molecular flexibility index (Phi) is 4.16. The predicted octanol–water partition coefficient (Wildman–Crippen LogP) is 4.73. The molecule has 0 spiro atoms. The summed E-state index contributed by atoms with van der Waals surface area (Å²) >= 11 is 1.23. The lowest BCUT2D eigenvalue weighted by molar-refractivity contribution is 0.215. The molecule has 3 aromatic rings. The maximum atomic E-state index is 11.8. The van der Waals surface area contributed by atoms with Crippen molar-refractivity contribution in [1.82, 2.24) is 4.37 Å². The number of hydrogen-bond donors (Lipinski definition) is 1. The fourth-order valence-corrected chi connectivity index (χ4v) is 2.64. The van der Waals surface area contributed by atoms with Gasteiger partial charge in [-0.15, -0.1) is 0 Å². The first kappa shape index (κ1) is 14.3. The molecule has 0 atom stereocenters. The Morgan fingerprint density at radius 1 is 1.09 bits per heavy atom. The summed E-state index contributed by atoms with van der Waals surface area (Å²) in [5, 5.41) is 3.34. The minimum atomic E-state index is -0.523. The van der Waals surface area contributed by atoms with Gasteiger partial charge in [-0.3, -0.25) is 5.32 Å². The third-order valence-electron chi connectivity index (χ3n) is 3.00. The summed E-state index contributed by atoms with van der Waals surface area (Å²) in [5.41, 5.74) is 3.04. The molecule has 5 heteroatoms. The summed E-state index contributed by atoms with van der Waals surface area (Å²) in [6, 6.07) is 18.8. The van der Waals surface area contributed by atoms with Crippen LogP contribution in [0.2, 0.25) is 0 Å². The lowest BCUT2D eigenvalue weighted by Gasteiger charge is -2.03. The molecular formula is C17H14N2O2S. The Hall–Kier alpha value is -2.66. The van der Waals surface area contributed by atoms with E-state index in [0.29, 0.717) is 10.8 Å². The van der Waals surface area contributed by atoms with E-state index < -0.39 is 6.09 Å². The van der Waals surface area contributed by atoms with Gasteiger partial charge < -0.3 is 4.74 Å². The summed E-state index contributed by atoms with van der Waals surface area (Å²) in [6.07, 6.45) is -0.523. The average Bonchev–Trinajstić information content (AvgIpc) is 2.96. The molecule has 110 valence electrons. The number of anilines is 1. The van der Waals surface area contributed by atoms with Crippen molar-refractivity contribution in [1.29, 1.82) is 0 Å². The summed E-state index contributed by atoms with van der Waals surface area (Å²) < 4.78 is 9.54. The summed E-state index contributed by atoms with van der Waals surface area (Å²) in [6.45, 7) is 2.03. The first-order chi connectivity index (χ1) is 10.7. The number of para-hydroxylation sites is 1. The Labute approximate surface area is 132 Å². The van der Waals surface area contributed by atoms with Gasteiger partial charge in [-0.25, -0.2) is 4.79 Å². The molecule has 3 rings (SSSR count). The Morgan fingerprint density at radius 3 is 2.68 bits per heavy atom. The quantitative estimate of drug-likeness (QED) is 0.761. The smallest absolute Gasteiger partial charge is 0.410 e. The molecule has 0 aliphatic rings. The van der Waals surface area contributed by atoms with Crippen molar-refractivity contribution in [3.05, 3.63) is 66.2 Å². The number of amides is 1. The Bertz CT molecular complexity index is 784. The van der Waals surface area contributed by atoms with Gasteiger partial charge >= 0.3 is 6.09 Å². The fraction of sp³-hybridized carbons (Fsp3) is 0.0588. The maximum absolute atomic E-state index is 11.8. The normalized spacial score (nSPS) is 10.2. The van der Waals surface area contributed by atoms with E-state index in [1.807, 2.05) is 49.4 Å². The molecular weight excluding hydrogens is 296 g/mol. The lowest BCUT2D eigenvalue weighted by atomic mass is 10.1. The zero-order chi connectivity index (χ0) is 15.4. The van der Waals surface area contributed by atoms with Gasteiger partial charge in [0, 0.05) is 11.6 Å². The van der Waals surface area contributed by atoms with E-state index in [4.69, 9.17) is 4.74 Å². The molecule has 0 bridgehead atoms. The van der Waals surface area contributed by atoms with Crippen LogP contribution in [-0.2, 0) is 0 Å². The highest BCUT2D eigenvalue weighted by Gasteiger charge is 2.09. The van der Waals surface area contributed by atoms with Crippen LogP contribution in [0.1, 0.15) is 5.56 Å². The van der Waals surface area contributed by atoms with Gasteiger partial charge in [0.25, 0.3) is 0 Å². The van der Waals surface area contributed by atoms with Crippen molar-refractivity contribution >= 4 is 22.6 Å². The van der Waals surface area contributed by atoms with E-state index >= 15 is 0 Å². The molecule has 1 amide bonds. The van der Waals surface area contributed by atoms with Gasteiger partial charge in [0.15, 0.2) is 0 Å². The average molecular weight is 310 g/mol. The molecule has 1 aromatic heterocycles. The number of ether oxygens (including phenoxy) is 1. The summed E-state index contributed by atoms with van der Waals surface area (Å²) in [4.78, 5) is 11.8. The third kappa shape index (κ3) is 3.51. The molecule has 0 aliphatic carbocycles. The lowest BCUT2D eigenvalue weighted by Crippen LogP contribution is -2.15. The van der Waals surface area contributed by atoms with E-state index in [1.165, 1.54) is 17.1 Å². The molecule has 2 aromatic carbocycles. The van der Waals surface area contributed by atoms with Gasteiger partial charge in [-0.1, -0.05) is 42.0 Å². The minimum absolute atomic E-state index is 0.503. The highest BCUT2D eigenvalue weighted by molar-refractivity contribution is 7.10. The number of hydrogen-bond acceptors (Lipinski definition) is 4. The van der Waals surface area contributed by atoms with Crippen molar-refractivity contribution in [2.24, 2.45) is 0 Å². The predicted molar refractivity (Wildman–Crippen MR) is 88.4 cm³/mol. The fourth-order valence-electron chi connectivity index (χ4n) is 2.00. The number of aryl methyl sites for hydroxylation is 1. The first-order valence-corrected chi connectivity index (χ1v) is 7.56. The van der Waals surface area contributed by atoms with Crippen LogP contribution in [0.3, 0.4) is 0 Å². The third-order valence-corrected chi connectivity index (χ3v) is 3.71.